The summed E-state index contributed by atoms with van der Waals surface area (Å²) in [5, 5.41) is 20.6. The largest absolute Gasteiger partial charge is 0.387 e. The molecular formula is C13H13Cl2NO2. The Labute approximate surface area is 116 Å². The van der Waals surface area contributed by atoms with Crippen molar-refractivity contribution in [1.29, 1.82) is 5.26 Å². The number of halogens is 2. The third-order valence-corrected chi connectivity index (χ3v) is 4.24. The Kier molecular flexibility index (Phi) is 4.14. The summed E-state index contributed by atoms with van der Waals surface area (Å²) in [6.45, 7) is 0.950. The second-order valence-electron chi connectivity index (χ2n) is 4.43. The molecule has 0 amide bonds. The van der Waals surface area contributed by atoms with Crippen LogP contribution < -0.4 is 0 Å². The Bertz CT molecular complexity index is 478. The molecule has 1 saturated heterocycles. The van der Waals surface area contributed by atoms with E-state index in [0.717, 1.165) is 0 Å². The van der Waals surface area contributed by atoms with Crippen LogP contribution in [0.5, 0.6) is 0 Å². The summed E-state index contributed by atoms with van der Waals surface area (Å²) in [4.78, 5) is 0. The van der Waals surface area contributed by atoms with Crippen LogP contribution in [0.1, 0.15) is 24.5 Å². The van der Waals surface area contributed by atoms with E-state index in [1.54, 1.807) is 18.2 Å². The van der Waals surface area contributed by atoms with Crippen LogP contribution in [0.4, 0.5) is 0 Å². The first-order valence-corrected chi connectivity index (χ1v) is 6.47. The smallest absolute Gasteiger partial charge is 0.0992 e. The molecule has 18 heavy (non-hydrogen) atoms. The molecule has 3 nitrogen and oxygen atoms in total. The molecule has 1 aliphatic heterocycles. The molecule has 0 radical (unpaired) electrons. The lowest BCUT2D eigenvalue weighted by atomic mass is 9.74. The van der Waals surface area contributed by atoms with Crippen LogP contribution in [0.15, 0.2) is 18.2 Å². The van der Waals surface area contributed by atoms with Gasteiger partial charge in [0.1, 0.15) is 0 Å². The lowest BCUT2D eigenvalue weighted by molar-refractivity contribution is -0.0309. The van der Waals surface area contributed by atoms with Gasteiger partial charge in [0, 0.05) is 18.8 Å². The van der Waals surface area contributed by atoms with Crippen LogP contribution >= 0.6 is 23.2 Å². The van der Waals surface area contributed by atoms with Crippen molar-refractivity contribution in [2.75, 3.05) is 13.2 Å². The van der Waals surface area contributed by atoms with Crippen molar-refractivity contribution < 1.29 is 9.84 Å². The van der Waals surface area contributed by atoms with Gasteiger partial charge in [0.25, 0.3) is 0 Å². The van der Waals surface area contributed by atoms with Crippen LogP contribution in [0.3, 0.4) is 0 Å². The van der Waals surface area contributed by atoms with Gasteiger partial charge < -0.3 is 9.84 Å². The summed E-state index contributed by atoms with van der Waals surface area (Å²) in [5.41, 5.74) is -0.334. The minimum Gasteiger partial charge on any atom is -0.387 e. The number of hydrogen-bond donors (Lipinski definition) is 1. The Hall–Kier alpha value is -0.790. The van der Waals surface area contributed by atoms with E-state index >= 15 is 0 Å². The minimum absolute atomic E-state index is 0.313. The first-order valence-electron chi connectivity index (χ1n) is 5.72. The SMILES string of the molecule is N#CC1(C(O)c2cccc(Cl)c2Cl)CCOCC1. The lowest BCUT2D eigenvalue weighted by Crippen LogP contribution is -2.34. The third-order valence-electron chi connectivity index (χ3n) is 3.41. The van der Waals surface area contributed by atoms with E-state index in [4.69, 9.17) is 27.9 Å². The Balaban J connectivity index is 2.37. The summed E-state index contributed by atoms with van der Waals surface area (Å²) in [6.07, 6.45) is 0.0405. The third kappa shape index (κ3) is 2.34. The quantitative estimate of drug-likeness (QED) is 0.907. The molecule has 1 aromatic carbocycles. The number of ether oxygens (including phenoxy) is 1. The van der Waals surface area contributed by atoms with E-state index in [2.05, 4.69) is 6.07 Å². The molecule has 1 heterocycles. The standard InChI is InChI=1S/C13H13Cl2NO2/c14-10-3-1-2-9(11(10)15)12(17)13(8-16)4-6-18-7-5-13/h1-3,12,17H,4-7H2. The zero-order chi connectivity index (χ0) is 13.2. The molecule has 0 saturated carbocycles. The maximum absolute atomic E-state index is 10.5. The zero-order valence-corrected chi connectivity index (χ0v) is 11.2. The molecule has 1 N–H and O–H groups in total. The summed E-state index contributed by atoms with van der Waals surface area (Å²) in [5.74, 6) is 0. The van der Waals surface area contributed by atoms with Gasteiger partial charge in [0.2, 0.25) is 0 Å². The van der Waals surface area contributed by atoms with Crippen molar-refractivity contribution in [2.24, 2.45) is 5.41 Å². The minimum atomic E-state index is -0.947. The van der Waals surface area contributed by atoms with E-state index in [1.807, 2.05) is 0 Å². The van der Waals surface area contributed by atoms with Crippen molar-refractivity contribution >= 4 is 23.2 Å². The van der Waals surface area contributed by atoms with E-state index in [1.165, 1.54) is 0 Å². The van der Waals surface area contributed by atoms with Crippen molar-refractivity contribution in [3.63, 3.8) is 0 Å². The van der Waals surface area contributed by atoms with Crippen LogP contribution in [-0.4, -0.2) is 18.3 Å². The molecule has 2 rings (SSSR count). The van der Waals surface area contributed by atoms with Gasteiger partial charge in [-0.15, -0.1) is 0 Å². The fourth-order valence-corrected chi connectivity index (χ4v) is 2.62. The monoisotopic (exact) mass is 285 g/mol. The molecule has 0 bridgehead atoms. The van der Waals surface area contributed by atoms with Crippen molar-refractivity contribution in [2.45, 2.75) is 18.9 Å². The van der Waals surface area contributed by atoms with Crippen LogP contribution in [0.25, 0.3) is 0 Å². The molecule has 1 aliphatic rings. The Morgan fingerprint density at radius 2 is 2.00 bits per heavy atom. The Morgan fingerprint density at radius 1 is 1.33 bits per heavy atom. The molecule has 0 spiro atoms. The maximum atomic E-state index is 10.5. The van der Waals surface area contributed by atoms with Gasteiger partial charge in [-0.05, 0) is 18.9 Å². The highest BCUT2D eigenvalue weighted by atomic mass is 35.5. The molecule has 1 aromatic rings. The number of rotatable bonds is 2. The molecule has 1 atom stereocenters. The number of nitrogens with zero attached hydrogens (tertiary/aromatic N) is 1. The van der Waals surface area contributed by atoms with Crippen LogP contribution in [-0.2, 0) is 4.74 Å². The normalized spacial score (nSPS) is 20.1. The van der Waals surface area contributed by atoms with E-state index in [0.29, 0.717) is 41.7 Å². The van der Waals surface area contributed by atoms with Gasteiger partial charge in [-0.25, -0.2) is 0 Å². The van der Waals surface area contributed by atoms with E-state index in [9.17, 15) is 10.4 Å². The number of benzene rings is 1. The highest BCUT2D eigenvalue weighted by Crippen LogP contribution is 2.44. The van der Waals surface area contributed by atoms with Gasteiger partial charge in [0.05, 0.1) is 27.6 Å². The molecule has 0 aliphatic carbocycles. The topological polar surface area (TPSA) is 53.2 Å². The van der Waals surface area contributed by atoms with Gasteiger partial charge in [-0.3, -0.25) is 0 Å². The van der Waals surface area contributed by atoms with E-state index < -0.39 is 11.5 Å². The van der Waals surface area contributed by atoms with Gasteiger partial charge in [-0.2, -0.15) is 5.26 Å². The number of aliphatic hydroxyl groups is 1. The van der Waals surface area contributed by atoms with Crippen molar-refractivity contribution in [1.82, 2.24) is 0 Å². The van der Waals surface area contributed by atoms with Crippen LogP contribution in [0.2, 0.25) is 10.0 Å². The first kappa shape index (κ1) is 13.6. The average Bonchev–Trinajstić information content (AvgIpc) is 2.42. The van der Waals surface area contributed by atoms with Crippen LogP contribution in [0, 0.1) is 16.7 Å². The number of aliphatic hydroxyl groups excluding tert-OH is 1. The van der Waals surface area contributed by atoms with Gasteiger partial charge in [-0.1, -0.05) is 35.3 Å². The second-order valence-corrected chi connectivity index (χ2v) is 5.21. The first-order chi connectivity index (χ1) is 8.60. The highest BCUT2D eigenvalue weighted by molar-refractivity contribution is 6.42. The molecule has 5 heteroatoms. The van der Waals surface area contributed by atoms with Gasteiger partial charge in [0.15, 0.2) is 0 Å². The van der Waals surface area contributed by atoms with Crippen molar-refractivity contribution in [3.8, 4) is 6.07 Å². The summed E-state index contributed by atoms with van der Waals surface area (Å²) in [7, 11) is 0. The molecule has 96 valence electrons. The van der Waals surface area contributed by atoms with E-state index in [-0.39, 0.29) is 0 Å². The second kappa shape index (κ2) is 5.46. The molecule has 1 fully saturated rings. The molecule has 1 unspecified atom stereocenters. The van der Waals surface area contributed by atoms with Crippen molar-refractivity contribution in [3.05, 3.63) is 33.8 Å². The fourth-order valence-electron chi connectivity index (χ4n) is 2.21. The summed E-state index contributed by atoms with van der Waals surface area (Å²) >= 11 is 12.0. The molecular weight excluding hydrogens is 273 g/mol. The fraction of sp³-hybridized carbons (Fsp3) is 0.462. The lowest BCUT2D eigenvalue weighted by Gasteiger charge is -2.35. The van der Waals surface area contributed by atoms with Gasteiger partial charge >= 0.3 is 0 Å². The number of nitriles is 1. The maximum Gasteiger partial charge on any atom is 0.0992 e. The summed E-state index contributed by atoms with van der Waals surface area (Å²) < 4.78 is 5.25. The number of hydrogen-bond acceptors (Lipinski definition) is 3. The predicted molar refractivity (Wildman–Crippen MR) is 69.5 cm³/mol. The average molecular weight is 286 g/mol. The molecule has 0 aromatic heterocycles. The zero-order valence-electron chi connectivity index (χ0n) is 9.70. The predicted octanol–water partition coefficient (Wildman–Crippen LogP) is 3.35. The highest BCUT2D eigenvalue weighted by Gasteiger charge is 2.41. The summed E-state index contributed by atoms with van der Waals surface area (Å²) in [6, 6.07) is 7.31. The Morgan fingerprint density at radius 3 is 2.61 bits per heavy atom.